The fourth-order valence-electron chi connectivity index (χ4n) is 5.48. The molecule has 2 aromatic heterocycles. The Morgan fingerprint density at radius 1 is 1.11 bits per heavy atom. The van der Waals surface area contributed by atoms with Gasteiger partial charge >= 0.3 is 0 Å². The Hall–Kier alpha value is -3.33. The summed E-state index contributed by atoms with van der Waals surface area (Å²) in [7, 11) is 3.14. The minimum absolute atomic E-state index is 0.0193. The Bertz CT molecular complexity index is 1220. The van der Waals surface area contributed by atoms with E-state index in [-0.39, 0.29) is 5.91 Å². The molecule has 1 aromatic carbocycles. The number of aromatic nitrogens is 3. The maximum atomic E-state index is 13.2. The molecule has 1 aliphatic heterocycles. The van der Waals surface area contributed by atoms with Gasteiger partial charge in [0.1, 0.15) is 0 Å². The van der Waals surface area contributed by atoms with Crippen LogP contribution >= 0.6 is 0 Å². The number of hydrogen-bond donors (Lipinski definition) is 2. The molecular formula is C27H35N5O4. The number of carbonyl (C=O) groups is 1. The Kier molecular flexibility index (Phi) is 7.27. The number of ether oxygens (including phenoxy) is 2. The summed E-state index contributed by atoms with van der Waals surface area (Å²) in [5, 5.41) is 14.5. The highest BCUT2D eigenvalue weighted by Crippen LogP contribution is 2.33. The van der Waals surface area contributed by atoms with E-state index in [4.69, 9.17) is 9.47 Å². The molecule has 9 nitrogen and oxygen atoms in total. The number of likely N-dealkylation sites (tertiary alicyclic amines) is 1. The van der Waals surface area contributed by atoms with Crippen LogP contribution in [-0.2, 0) is 19.4 Å². The van der Waals surface area contributed by atoms with Gasteiger partial charge in [0, 0.05) is 48.3 Å². The van der Waals surface area contributed by atoms with Crippen molar-refractivity contribution in [3.05, 3.63) is 41.1 Å². The number of piperidine rings is 1. The van der Waals surface area contributed by atoms with Crippen molar-refractivity contribution >= 4 is 22.8 Å². The quantitative estimate of drug-likeness (QED) is 0.464. The second-order valence-corrected chi connectivity index (χ2v) is 9.62. The summed E-state index contributed by atoms with van der Waals surface area (Å²) in [4.78, 5) is 23.6. The van der Waals surface area contributed by atoms with Gasteiger partial charge in [-0.15, -0.1) is 0 Å². The topological polar surface area (TPSA) is 102 Å². The first-order chi connectivity index (χ1) is 17.6. The standard InChI is InChI=1S/C27H35N5O4/c1-35-24-16-25(36-2)30-27(29-24)28-12-6-14-32-22-9-4-3-8-20(22)21-15-18(10-11-23(21)32)26(34)31-13-5-7-19(33)17-31/h10-11,15-16,19,33H,3-9,12-14,17H2,1-2H3,(H,28,29,30). The second kappa shape index (κ2) is 10.7. The third-order valence-corrected chi connectivity index (χ3v) is 7.25. The van der Waals surface area contributed by atoms with Crippen LogP contribution in [0.15, 0.2) is 24.3 Å². The molecule has 0 bridgehead atoms. The van der Waals surface area contributed by atoms with Gasteiger partial charge in [0.25, 0.3) is 5.91 Å². The lowest BCUT2D eigenvalue weighted by atomic mass is 9.95. The van der Waals surface area contributed by atoms with Crippen molar-refractivity contribution in [1.29, 1.82) is 0 Å². The van der Waals surface area contributed by atoms with Crippen molar-refractivity contribution in [2.24, 2.45) is 0 Å². The van der Waals surface area contributed by atoms with Crippen molar-refractivity contribution in [3.8, 4) is 11.8 Å². The van der Waals surface area contributed by atoms with Gasteiger partial charge in [-0.25, -0.2) is 0 Å². The second-order valence-electron chi connectivity index (χ2n) is 9.62. The maximum absolute atomic E-state index is 13.2. The minimum atomic E-state index is -0.419. The zero-order valence-electron chi connectivity index (χ0n) is 21.1. The molecule has 1 aliphatic carbocycles. The number of hydrogen-bond acceptors (Lipinski definition) is 7. The number of anilines is 1. The summed E-state index contributed by atoms with van der Waals surface area (Å²) in [6, 6.07) is 7.77. The highest BCUT2D eigenvalue weighted by Gasteiger charge is 2.25. The first-order valence-electron chi connectivity index (χ1n) is 12.9. The van der Waals surface area contributed by atoms with Gasteiger partial charge in [-0.05, 0) is 68.7 Å². The van der Waals surface area contributed by atoms with Crippen molar-refractivity contribution in [2.75, 3.05) is 39.2 Å². The zero-order chi connectivity index (χ0) is 25.1. The summed E-state index contributed by atoms with van der Waals surface area (Å²) in [6.07, 6.45) is 6.58. The summed E-state index contributed by atoms with van der Waals surface area (Å²) in [5.74, 6) is 1.42. The van der Waals surface area contributed by atoms with Gasteiger partial charge in [-0.2, -0.15) is 9.97 Å². The fourth-order valence-corrected chi connectivity index (χ4v) is 5.48. The molecule has 1 fully saturated rings. The molecule has 3 aromatic rings. The number of β-amino-alcohol motifs (C(OH)–C–C–N with tert-alkyl or cyclic N) is 1. The lowest BCUT2D eigenvalue weighted by Crippen LogP contribution is -2.42. The number of amides is 1. The molecule has 3 heterocycles. The van der Waals surface area contributed by atoms with Crippen LogP contribution in [0.1, 0.15) is 53.7 Å². The highest BCUT2D eigenvalue weighted by molar-refractivity contribution is 5.99. The van der Waals surface area contributed by atoms with Gasteiger partial charge in [-0.3, -0.25) is 4.79 Å². The Morgan fingerprint density at radius 3 is 2.64 bits per heavy atom. The van der Waals surface area contributed by atoms with Gasteiger partial charge < -0.3 is 29.4 Å². The average molecular weight is 494 g/mol. The van der Waals surface area contributed by atoms with E-state index in [2.05, 4.69) is 32.0 Å². The van der Waals surface area contributed by atoms with Crippen LogP contribution in [0, 0.1) is 0 Å². The number of aliphatic hydroxyl groups excluding tert-OH is 1. The van der Waals surface area contributed by atoms with Crippen molar-refractivity contribution in [3.63, 3.8) is 0 Å². The third-order valence-electron chi connectivity index (χ3n) is 7.25. The van der Waals surface area contributed by atoms with Crippen LogP contribution < -0.4 is 14.8 Å². The predicted octanol–water partition coefficient (Wildman–Crippen LogP) is 3.43. The van der Waals surface area contributed by atoms with E-state index in [1.807, 2.05) is 6.07 Å². The molecule has 1 atom stereocenters. The van der Waals surface area contributed by atoms with E-state index in [0.29, 0.717) is 42.9 Å². The summed E-state index contributed by atoms with van der Waals surface area (Å²) >= 11 is 0. The van der Waals surface area contributed by atoms with Gasteiger partial charge in [0.05, 0.1) is 26.4 Å². The molecule has 9 heteroatoms. The Balaban J connectivity index is 1.33. The van der Waals surface area contributed by atoms with Crippen molar-refractivity contribution in [2.45, 2.75) is 57.6 Å². The van der Waals surface area contributed by atoms with Crippen LogP contribution in [-0.4, -0.2) is 70.4 Å². The van der Waals surface area contributed by atoms with Gasteiger partial charge in [0.15, 0.2) is 0 Å². The number of carbonyl (C=O) groups excluding carboxylic acids is 1. The number of fused-ring (bicyclic) bond motifs is 3. The molecule has 36 heavy (non-hydrogen) atoms. The smallest absolute Gasteiger partial charge is 0.253 e. The van der Waals surface area contributed by atoms with Crippen LogP contribution in [0.2, 0.25) is 0 Å². The molecular weight excluding hydrogens is 458 g/mol. The lowest BCUT2D eigenvalue weighted by Gasteiger charge is -2.30. The number of nitrogens with one attached hydrogen (secondary N) is 1. The van der Waals surface area contributed by atoms with E-state index in [9.17, 15) is 9.90 Å². The zero-order valence-corrected chi connectivity index (χ0v) is 21.1. The summed E-state index contributed by atoms with van der Waals surface area (Å²) in [5.41, 5.74) is 4.69. The van der Waals surface area contributed by atoms with Gasteiger partial charge in [0.2, 0.25) is 17.7 Å². The SMILES string of the molecule is COc1cc(OC)nc(NCCCn2c3c(c4cc(C(=O)N5CCCC(O)C5)ccc42)CCCC3)n1. The average Bonchev–Trinajstić information content (AvgIpc) is 3.23. The first-order valence-corrected chi connectivity index (χ1v) is 12.9. The molecule has 2 aliphatic rings. The highest BCUT2D eigenvalue weighted by atomic mass is 16.5. The molecule has 1 unspecified atom stereocenters. The van der Waals surface area contributed by atoms with Crippen LogP contribution in [0.3, 0.4) is 0 Å². The van der Waals surface area contributed by atoms with E-state index in [0.717, 1.165) is 38.6 Å². The monoisotopic (exact) mass is 493 g/mol. The lowest BCUT2D eigenvalue weighted by molar-refractivity contribution is 0.0474. The Labute approximate surface area is 211 Å². The first kappa shape index (κ1) is 24.4. The summed E-state index contributed by atoms with van der Waals surface area (Å²) in [6.45, 7) is 2.71. The number of methoxy groups -OCH3 is 2. The molecule has 5 rings (SSSR count). The van der Waals surface area contributed by atoms with Crippen molar-refractivity contribution < 1.29 is 19.4 Å². The Morgan fingerprint density at radius 2 is 1.89 bits per heavy atom. The third kappa shape index (κ3) is 4.97. The molecule has 1 saturated heterocycles. The summed E-state index contributed by atoms with van der Waals surface area (Å²) < 4.78 is 12.9. The predicted molar refractivity (Wildman–Crippen MR) is 138 cm³/mol. The van der Waals surface area contributed by atoms with E-state index >= 15 is 0 Å². The van der Waals surface area contributed by atoms with Crippen molar-refractivity contribution in [1.82, 2.24) is 19.4 Å². The largest absolute Gasteiger partial charge is 0.481 e. The van der Waals surface area contributed by atoms with Crippen LogP contribution in [0.5, 0.6) is 11.8 Å². The van der Waals surface area contributed by atoms with Gasteiger partial charge in [-0.1, -0.05) is 0 Å². The molecule has 0 saturated carbocycles. The molecule has 1 amide bonds. The molecule has 0 spiro atoms. The van der Waals surface area contributed by atoms with E-state index < -0.39 is 6.10 Å². The van der Waals surface area contributed by atoms with Crippen LogP contribution in [0.25, 0.3) is 10.9 Å². The number of benzene rings is 1. The van der Waals surface area contributed by atoms with Crippen LogP contribution in [0.4, 0.5) is 5.95 Å². The fraction of sp³-hybridized carbons (Fsp3) is 0.519. The number of aliphatic hydroxyl groups is 1. The minimum Gasteiger partial charge on any atom is -0.481 e. The van der Waals surface area contributed by atoms with E-state index in [1.54, 1.807) is 25.2 Å². The van der Waals surface area contributed by atoms with E-state index in [1.165, 1.54) is 35.0 Å². The number of nitrogens with zero attached hydrogens (tertiary/aromatic N) is 4. The molecule has 0 radical (unpaired) electrons. The normalized spacial score (nSPS) is 17.6. The number of aryl methyl sites for hydroxylation is 2. The maximum Gasteiger partial charge on any atom is 0.253 e. The molecule has 2 N–H and O–H groups in total. The number of rotatable bonds is 8. The molecule has 192 valence electrons.